The molecule has 0 amide bonds. The second kappa shape index (κ2) is 2.27. The molecule has 2 bridgehead atoms. The minimum Gasteiger partial charge on any atom is -0.373 e. The monoisotopic (exact) mass is 138 g/mol. The first-order valence-corrected chi connectivity index (χ1v) is 4.02. The Morgan fingerprint density at radius 3 is 3.30 bits per heavy atom. The topological polar surface area (TPSA) is 15.3 Å². The van der Waals surface area contributed by atoms with E-state index in [-0.39, 0.29) is 0 Å². The Kier molecular flexibility index (Phi) is 1.42. The van der Waals surface area contributed by atoms with Crippen LogP contribution in [0.1, 0.15) is 12.8 Å². The van der Waals surface area contributed by atoms with Crippen molar-refractivity contribution in [3.05, 3.63) is 12.3 Å². The molecule has 2 heterocycles. The summed E-state index contributed by atoms with van der Waals surface area (Å²) in [4.78, 5) is 2.41. The maximum absolute atomic E-state index is 4.00. The predicted molar refractivity (Wildman–Crippen MR) is 41.7 cm³/mol. The first-order valence-electron chi connectivity index (χ1n) is 4.02. The molecule has 1 atom stereocenters. The van der Waals surface area contributed by atoms with E-state index in [9.17, 15) is 0 Å². The molecule has 0 radical (unpaired) electrons. The van der Waals surface area contributed by atoms with Crippen molar-refractivity contribution in [3.63, 3.8) is 0 Å². The van der Waals surface area contributed by atoms with Crippen LogP contribution in [0.4, 0.5) is 0 Å². The zero-order valence-electron chi connectivity index (χ0n) is 6.27. The van der Waals surface area contributed by atoms with Gasteiger partial charge >= 0.3 is 0 Å². The molecule has 0 saturated carbocycles. The standard InChI is InChI=1S/C8H14N2/c1-7-5-9-8-3-2-4-10(7)6-8/h8-9H,1-6H2. The summed E-state index contributed by atoms with van der Waals surface area (Å²) >= 11 is 0. The second-order valence-electron chi connectivity index (χ2n) is 3.23. The van der Waals surface area contributed by atoms with Gasteiger partial charge in [-0.1, -0.05) is 6.58 Å². The summed E-state index contributed by atoms with van der Waals surface area (Å²) in [5.41, 5.74) is 1.27. The number of rotatable bonds is 0. The van der Waals surface area contributed by atoms with E-state index in [2.05, 4.69) is 16.8 Å². The van der Waals surface area contributed by atoms with Crippen LogP contribution in [0.5, 0.6) is 0 Å². The highest BCUT2D eigenvalue weighted by molar-refractivity contribution is 5.04. The zero-order valence-corrected chi connectivity index (χ0v) is 6.27. The summed E-state index contributed by atoms with van der Waals surface area (Å²) in [5, 5.41) is 3.46. The lowest BCUT2D eigenvalue weighted by atomic mass is 10.0. The lowest BCUT2D eigenvalue weighted by Crippen LogP contribution is -2.52. The number of nitrogens with one attached hydrogen (secondary N) is 1. The van der Waals surface area contributed by atoms with Crippen molar-refractivity contribution in [2.24, 2.45) is 0 Å². The van der Waals surface area contributed by atoms with Crippen molar-refractivity contribution in [1.29, 1.82) is 0 Å². The SMILES string of the molecule is C=C1CNC2CCCN1C2. The number of piperazine rings is 1. The van der Waals surface area contributed by atoms with E-state index in [1.807, 2.05) is 0 Å². The second-order valence-corrected chi connectivity index (χ2v) is 3.23. The number of piperidine rings is 1. The summed E-state index contributed by atoms with van der Waals surface area (Å²) in [6.45, 7) is 7.43. The van der Waals surface area contributed by atoms with Crippen LogP contribution in [0.15, 0.2) is 12.3 Å². The van der Waals surface area contributed by atoms with Crippen LogP contribution in [-0.4, -0.2) is 30.6 Å². The molecule has 0 aromatic carbocycles. The Labute approximate surface area is 61.9 Å². The van der Waals surface area contributed by atoms with Gasteiger partial charge in [0.25, 0.3) is 0 Å². The molecule has 56 valence electrons. The number of nitrogens with zero attached hydrogens (tertiary/aromatic N) is 1. The fraction of sp³-hybridized carbons (Fsp3) is 0.750. The molecule has 2 aliphatic rings. The largest absolute Gasteiger partial charge is 0.373 e. The van der Waals surface area contributed by atoms with Crippen LogP contribution in [0.2, 0.25) is 0 Å². The van der Waals surface area contributed by atoms with E-state index in [0.29, 0.717) is 0 Å². The highest BCUT2D eigenvalue weighted by Crippen LogP contribution is 2.17. The van der Waals surface area contributed by atoms with Crippen LogP contribution >= 0.6 is 0 Å². The van der Waals surface area contributed by atoms with Gasteiger partial charge in [-0.15, -0.1) is 0 Å². The average Bonchev–Trinajstić information content (AvgIpc) is 1.99. The van der Waals surface area contributed by atoms with E-state index < -0.39 is 0 Å². The van der Waals surface area contributed by atoms with Gasteiger partial charge in [-0.05, 0) is 12.8 Å². The van der Waals surface area contributed by atoms with Gasteiger partial charge in [-0.3, -0.25) is 0 Å². The van der Waals surface area contributed by atoms with Gasteiger partial charge in [0.05, 0.1) is 0 Å². The molecular weight excluding hydrogens is 124 g/mol. The van der Waals surface area contributed by atoms with Gasteiger partial charge < -0.3 is 10.2 Å². The molecular formula is C8H14N2. The number of hydrogen-bond acceptors (Lipinski definition) is 2. The van der Waals surface area contributed by atoms with Gasteiger partial charge in [0.1, 0.15) is 0 Å². The third-order valence-electron chi connectivity index (χ3n) is 2.46. The van der Waals surface area contributed by atoms with Crippen molar-refractivity contribution < 1.29 is 0 Å². The summed E-state index contributed by atoms with van der Waals surface area (Å²) < 4.78 is 0. The molecule has 1 N–H and O–H groups in total. The van der Waals surface area contributed by atoms with E-state index in [0.717, 1.165) is 12.6 Å². The minimum atomic E-state index is 0.749. The minimum absolute atomic E-state index is 0.749. The first-order chi connectivity index (χ1) is 4.86. The molecule has 1 unspecified atom stereocenters. The highest BCUT2D eigenvalue weighted by Gasteiger charge is 2.24. The molecule has 0 aromatic heterocycles. The van der Waals surface area contributed by atoms with Gasteiger partial charge in [0.15, 0.2) is 0 Å². The van der Waals surface area contributed by atoms with Crippen molar-refractivity contribution in [3.8, 4) is 0 Å². The number of hydrogen-bond donors (Lipinski definition) is 1. The first kappa shape index (κ1) is 6.23. The van der Waals surface area contributed by atoms with Gasteiger partial charge in [0, 0.05) is 31.4 Å². The van der Waals surface area contributed by atoms with Gasteiger partial charge in [0.2, 0.25) is 0 Å². The van der Waals surface area contributed by atoms with Crippen molar-refractivity contribution in [1.82, 2.24) is 10.2 Å². The fourth-order valence-electron chi connectivity index (χ4n) is 1.80. The molecule has 2 nitrogen and oxygen atoms in total. The molecule has 2 fully saturated rings. The summed E-state index contributed by atoms with van der Waals surface area (Å²) in [5.74, 6) is 0. The average molecular weight is 138 g/mol. The van der Waals surface area contributed by atoms with Crippen LogP contribution in [0, 0.1) is 0 Å². The third-order valence-corrected chi connectivity index (χ3v) is 2.46. The van der Waals surface area contributed by atoms with Crippen LogP contribution < -0.4 is 5.32 Å². The molecule has 0 aromatic rings. The van der Waals surface area contributed by atoms with E-state index in [1.54, 1.807) is 0 Å². The highest BCUT2D eigenvalue weighted by atomic mass is 15.2. The normalized spacial score (nSPS) is 32.6. The fourth-order valence-corrected chi connectivity index (χ4v) is 1.80. The zero-order chi connectivity index (χ0) is 6.97. The van der Waals surface area contributed by atoms with E-state index in [1.165, 1.54) is 31.6 Å². The summed E-state index contributed by atoms with van der Waals surface area (Å²) in [6, 6.07) is 0.749. The Balaban J connectivity index is 2.07. The molecule has 2 rings (SSSR count). The quantitative estimate of drug-likeness (QED) is 0.526. The van der Waals surface area contributed by atoms with Crippen LogP contribution in [0.3, 0.4) is 0 Å². The van der Waals surface area contributed by atoms with Crippen LogP contribution in [0.25, 0.3) is 0 Å². The van der Waals surface area contributed by atoms with Crippen LogP contribution in [-0.2, 0) is 0 Å². The maximum atomic E-state index is 4.00. The molecule has 2 heteroatoms. The van der Waals surface area contributed by atoms with E-state index in [4.69, 9.17) is 0 Å². The van der Waals surface area contributed by atoms with Gasteiger partial charge in [-0.25, -0.2) is 0 Å². The Bertz CT molecular complexity index is 153. The van der Waals surface area contributed by atoms with Crippen molar-refractivity contribution in [2.75, 3.05) is 19.6 Å². The Morgan fingerprint density at radius 1 is 1.60 bits per heavy atom. The molecule has 0 spiro atoms. The molecule has 10 heavy (non-hydrogen) atoms. The lowest BCUT2D eigenvalue weighted by molar-refractivity contribution is 0.197. The Hall–Kier alpha value is -0.500. The smallest absolute Gasteiger partial charge is 0.0353 e. The molecule has 0 aliphatic carbocycles. The third kappa shape index (κ3) is 0.926. The summed E-state index contributed by atoms with van der Waals surface area (Å²) in [7, 11) is 0. The maximum Gasteiger partial charge on any atom is 0.0353 e. The molecule has 2 saturated heterocycles. The lowest BCUT2D eigenvalue weighted by Gasteiger charge is -2.41. The summed E-state index contributed by atoms with van der Waals surface area (Å²) in [6.07, 6.45) is 2.68. The number of fused-ring (bicyclic) bond motifs is 2. The van der Waals surface area contributed by atoms with E-state index >= 15 is 0 Å². The Morgan fingerprint density at radius 2 is 2.50 bits per heavy atom. The molecule has 2 aliphatic heterocycles. The van der Waals surface area contributed by atoms with Crippen molar-refractivity contribution in [2.45, 2.75) is 18.9 Å². The van der Waals surface area contributed by atoms with Crippen molar-refractivity contribution >= 4 is 0 Å². The predicted octanol–water partition coefficient (Wildman–Crippen LogP) is 0.568. The van der Waals surface area contributed by atoms with Gasteiger partial charge in [-0.2, -0.15) is 0 Å².